The quantitative estimate of drug-likeness (QED) is 0.619. The molecular formula is C17H13ClN2O3S. The molecule has 0 N–H and O–H groups in total. The molecule has 0 amide bonds. The monoisotopic (exact) mass is 360 g/mol. The van der Waals surface area contributed by atoms with E-state index in [2.05, 4.69) is 4.98 Å². The van der Waals surface area contributed by atoms with Gasteiger partial charge in [0.2, 0.25) is 0 Å². The van der Waals surface area contributed by atoms with E-state index in [-0.39, 0.29) is 5.63 Å². The summed E-state index contributed by atoms with van der Waals surface area (Å²) in [4.78, 5) is 18.7. The van der Waals surface area contributed by atoms with Crippen LogP contribution in [0.15, 0.2) is 26.9 Å². The first-order valence-electron chi connectivity index (χ1n) is 7.79. The molecule has 7 heteroatoms. The van der Waals surface area contributed by atoms with E-state index in [0.717, 1.165) is 46.5 Å². The fraction of sp³-hybridized carbons (Fsp3) is 0.294. The number of aryl methyl sites for hydroxylation is 1. The lowest BCUT2D eigenvalue weighted by molar-refractivity contribution is 0.289. The Kier molecular flexibility index (Phi) is 3.11. The van der Waals surface area contributed by atoms with Gasteiger partial charge in [0.05, 0.1) is 17.1 Å². The third-order valence-electron chi connectivity index (χ3n) is 4.67. The number of rotatable bonds is 1. The number of halogens is 1. The molecule has 24 heavy (non-hydrogen) atoms. The highest BCUT2D eigenvalue weighted by atomic mass is 35.5. The van der Waals surface area contributed by atoms with Crippen molar-refractivity contribution in [1.82, 2.24) is 4.98 Å². The van der Waals surface area contributed by atoms with E-state index in [1.165, 1.54) is 0 Å². The van der Waals surface area contributed by atoms with Crippen molar-refractivity contribution in [3.05, 3.63) is 49.8 Å². The highest BCUT2D eigenvalue weighted by Crippen LogP contribution is 2.41. The van der Waals surface area contributed by atoms with Gasteiger partial charge in [0.1, 0.15) is 11.3 Å². The summed E-state index contributed by atoms with van der Waals surface area (Å²) < 4.78 is 11.5. The topological polar surface area (TPSA) is 55.6 Å². The Morgan fingerprint density at radius 3 is 2.96 bits per heavy atom. The second kappa shape index (κ2) is 5.22. The van der Waals surface area contributed by atoms with Crippen molar-refractivity contribution < 1.29 is 9.15 Å². The summed E-state index contributed by atoms with van der Waals surface area (Å²) in [6, 6.07) is 1.88. The van der Waals surface area contributed by atoms with Crippen LogP contribution in [0.1, 0.15) is 23.1 Å². The van der Waals surface area contributed by atoms with E-state index >= 15 is 0 Å². The first-order valence-corrected chi connectivity index (χ1v) is 9.05. The van der Waals surface area contributed by atoms with Crippen molar-refractivity contribution in [3.8, 4) is 5.75 Å². The Morgan fingerprint density at radius 1 is 1.25 bits per heavy atom. The molecule has 0 bridgehead atoms. The number of nitrogens with zero attached hydrogens (tertiary/aromatic N) is 2. The van der Waals surface area contributed by atoms with E-state index in [1.54, 1.807) is 17.5 Å². The summed E-state index contributed by atoms with van der Waals surface area (Å²) in [6.07, 6.45) is 4.42. The molecule has 122 valence electrons. The maximum absolute atomic E-state index is 12.3. The van der Waals surface area contributed by atoms with Crippen LogP contribution >= 0.6 is 22.9 Å². The summed E-state index contributed by atoms with van der Waals surface area (Å²) in [5, 5.41) is 4.31. The predicted molar refractivity (Wildman–Crippen MR) is 93.3 cm³/mol. The van der Waals surface area contributed by atoms with Crippen LogP contribution in [0.2, 0.25) is 5.02 Å². The number of benzene rings is 1. The van der Waals surface area contributed by atoms with Crippen molar-refractivity contribution in [3.63, 3.8) is 0 Å². The Hall–Kier alpha value is -2.05. The molecule has 0 radical (unpaired) electrons. The van der Waals surface area contributed by atoms with E-state index in [0.29, 0.717) is 29.6 Å². The van der Waals surface area contributed by atoms with E-state index < -0.39 is 0 Å². The molecule has 0 saturated carbocycles. The predicted octanol–water partition coefficient (Wildman–Crippen LogP) is 3.75. The Morgan fingerprint density at radius 2 is 2.12 bits per heavy atom. The number of ether oxygens (including phenoxy) is 1. The lowest BCUT2D eigenvalue weighted by Crippen LogP contribution is -2.32. The standard InChI is InChI=1S/C17H13ClN2O3S/c18-13-6-11-9-2-1-3-10(9)16(21)23-14(11)12-7-20(8-22-15(12)13)17-19-4-5-24-17/h4-6H,1-3,7-8H2. The largest absolute Gasteiger partial charge is 0.471 e. The molecule has 0 fully saturated rings. The van der Waals surface area contributed by atoms with Crippen molar-refractivity contribution in [2.24, 2.45) is 0 Å². The van der Waals surface area contributed by atoms with Gasteiger partial charge in [-0.25, -0.2) is 9.78 Å². The smallest absolute Gasteiger partial charge is 0.339 e. The van der Waals surface area contributed by atoms with E-state index in [1.807, 2.05) is 16.3 Å². The summed E-state index contributed by atoms with van der Waals surface area (Å²) >= 11 is 8.01. The van der Waals surface area contributed by atoms with Gasteiger partial charge in [-0.3, -0.25) is 0 Å². The number of hydrogen-bond acceptors (Lipinski definition) is 6. The molecular weight excluding hydrogens is 348 g/mol. The molecule has 0 spiro atoms. The molecule has 2 aromatic heterocycles. The highest BCUT2D eigenvalue weighted by Gasteiger charge is 2.28. The van der Waals surface area contributed by atoms with Gasteiger partial charge in [0.25, 0.3) is 0 Å². The zero-order chi connectivity index (χ0) is 16.3. The highest BCUT2D eigenvalue weighted by molar-refractivity contribution is 7.13. The van der Waals surface area contributed by atoms with Gasteiger partial charge < -0.3 is 14.1 Å². The maximum atomic E-state index is 12.3. The van der Waals surface area contributed by atoms with Crippen LogP contribution in [0, 0.1) is 0 Å². The van der Waals surface area contributed by atoms with Crippen LogP contribution in [0.5, 0.6) is 5.75 Å². The fourth-order valence-electron chi connectivity index (χ4n) is 3.60. The summed E-state index contributed by atoms with van der Waals surface area (Å²) in [5.74, 6) is 0.609. The third kappa shape index (κ3) is 1.99. The normalized spacial score (nSPS) is 16.1. The van der Waals surface area contributed by atoms with Gasteiger partial charge in [0, 0.05) is 22.5 Å². The van der Waals surface area contributed by atoms with Gasteiger partial charge >= 0.3 is 5.63 Å². The average molecular weight is 361 g/mol. The second-order valence-electron chi connectivity index (χ2n) is 6.03. The molecule has 1 aliphatic heterocycles. The van der Waals surface area contributed by atoms with Crippen molar-refractivity contribution in [2.75, 3.05) is 11.6 Å². The number of fused-ring (bicyclic) bond motifs is 5. The average Bonchev–Trinajstić information content (AvgIpc) is 3.28. The van der Waals surface area contributed by atoms with Crippen LogP contribution in [0.4, 0.5) is 5.13 Å². The van der Waals surface area contributed by atoms with Crippen LogP contribution in [-0.4, -0.2) is 11.7 Å². The minimum absolute atomic E-state index is 0.231. The first-order chi connectivity index (χ1) is 11.7. The maximum Gasteiger partial charge on any atom is 0.339 e. The van der Waals surface area contributed by atoms with Gasteiger partial charge in [-0.2, -0.15) is 0 Å². The SMILES string of the molecule is O=c1oc2c3c(c(Cl)cc2c2c1CCC2)OCN(c1nccs1)C3. The van der Waals surface area contributed by atoms with Crippen LogP contribution in [0.25, 0.3) is 11.0 Å². The van der Waals surface area contributed by atoms with E-state index in [4.69, 9.17) is 20.8 Å². The molecule has 0 saturated heterocycles. The Balaban J connectivity index is 1.75. The number of anilines is 1. The van der Waals surface area contributed by atoms with Crippen molar-refractivity contribution in [1.29, 1.82) is 0 Å². The molecule has 5 nitrogen and oxygen atoms in total. The Bertz CT molecular complexity index is 1010. The van der Waals surface area contributed by atoms with Crippen molar-refractivity contribution in [2.45, 2.75) is 25.8 Å². The number of thiazole rings is 1. The van der Waals surface area contributed by atoms with Crippen LogP contribution in [0.3, 0.4) is 0 Å². The minimum Gasteiger partial charge on any atom is -0.471 e. The molecule has 3 heterocycles. The number of hydrogen-bond donors (Lipinski definition) is 0. The molecule has 5 rings (SSSR count). The van der Waals surface area contributed by atoms with Crippen LogP contribution in [-0.2, 0) is 19.4 Å². The Labute approximate surface area is 146 Å². The van der Waals surface area contributed by atoms with Gasteiger partial charge in [-0.05, 0) is 30.9 Å². The fourth-order valence-corrected chi connectivity index (χ4v) is 4.51. The van der Waals surface area contributed by atoms with E-state index in [9.17, 15) is 4.79 Å². The van der Waals surface area contributed by atoms with Gasteiger partial charge in [0.15, 0.2) is 11.9 Å². The minimum atomic E-state index is -0.231. The summed E-state index contributed by atoms with van der Waals surface area (Å²) in [5.41, 5.74) is 3.07. The molecule has 1 aliphatic carbocycles. The molecule has 3 aromatic rings. The van der Waals surface area contributed by atoms with Crippen molar-refractivity contribution >= 4 is 39.0 Å². The van der Waals surface area contributed by atoms with Gasteiger partial charge in [-0.1, -0.05) is 11.6 Å². The summed E-state index contributed by atoms with van der Waals surface area (Å²) in [7, 11) is 0. The second-order valence-corrected chi connectivity index (χ2v) is 7.31. The lowest BCUT2D eigenvalue weighted by Gasteiger charge is -2.29. The number of aromatic nitrogens is 1. The zero-order valence-corrected chi connectivity index (χ0v) is 14.2. The molecule has 2 aliphatic rings. The zero-order valence-electron chi connectivity index (χ0n) is 12.7. The molecule has 1 aromatic carbocycles. The van der Waals surface area contributed by atoms with Crippen LogP contribution < -0.4 is 15.3 Å². The van der Waals surface area contributed by atoms with Gasteiger partial charge in [-0.15, -0.1) is 11.3 Å². The lowest BCUT2D eigenvalue weighted by atomic mass is 10.0. The third-order valence-corrected chi connectivity index (χ3v) is 5.78. The summed E-state index contributed by atoms with van der Waals surface area (Å²) in [6.45, 7) is 0.933. The first kappa shape index (κ1) is 14.3. The molecule has 0 unspecified atom stereocenters. The molecule has 0 atom stereocenters.